The van der Waals surface area contributed by atoms with Crippen LogP contribution in [-0.2, 0) is 0 Å². The van der Waals surface area contributed by atoms with Gasteiger partial charge in [-0.25, -0.2) is 4.98 Å². The lowest BCUT2D eigenvalue weighted by Gasteiger charge is -2.16. The quantitative estimate of drug-likeness (QED) is 0.776. The average Bonchev–Trinajstić information content (AvgIpc) is 2.33. The monoisotopic (exact) mass is 265 g/mol. The molecule has 1 atom stereocenters. The average molecular weight is 265 g/mol. The summed E-state index contributed by atoms with van der Waals surface area (Å²) in [6.45, 7) is 11.4. The zero-order chi connectivity index (χ0) is 14.3. The smallest absolute Gasteiger partial charge is 0.226 e. The minimum Gasteiger partial charge on any atom is -0.478 e. The molecular weight excluding hydrogens is 238 g/mol. The molecule has 0 saturated heterocycles. The highest BCUT2D eigenvalue weighted by Gasteiger charge is 2.08. The summed E-state index contributed by atoms with van der Waals surface area (Å²) < 4.78 is 5.57. The molecule has 0 amide bonds. The number of anilines is 1. The number of ether oxygens (including phenoxy) is 1. The van der Waals surface area contributed by atoms with Crippen molar-refractivity contribution in [3.05, 3.63) is 11.8 Å². The van der Waals surface area contributed by atoms with Gasteiger partial charge in [0, 0.05) is 17.8 Å². The number of nitrogens with zero attached hydrogens (tertiary/aromatic N) is 2. The first-order valence-electron chi connectivity index (χ1n) is 7.26. The van der Waals surface area contributed by atoms with Crippen LogP contribution in [0.25, 0.3) is 0 Å². The normalized spacial score (nSPS) is 12.5. The Hall–Kier alpha value is -1.32. The molecule has 0 radical (unpaired) electrons. The van der Waals surface area contributed by atoms with Gasteiger partial charge in [-0.1, -0.05) is 20.8 Å². The molecule has 1 aromatic rings. The summed E-state index contributed by atoms with van der Waals surface area (Å²) in [6.07, 6.45) is 3.32. The van der Waals surface area contributed by atoms with E-state index in [-0.39, 0.29) is 0 Å². The lowest BCUT2D eigenvalue weighted by atomic mass is 10.0. The van der Waals surface area contributed by atoms with Gasteiger partial charge in [0.05, 0.1) is 6.61 Å². The molecule has 1 heterocycles. The highest BCUT2D eigenvalue weighted by atomic mass is 16.5. The van der Waals surface area contributed by atoms with Gasteiger partial charge < -0.3 is 10.1 Å². The van der Waals surface area contributed by atoms with Crippen LogP contribution in [0.5, 0.6) is 5.88 Å². The molecule has 1 unspecified atom stereocenters. The van der Waals surface area contributed by atoms with Crippen LogP contribution in [0.2, 0.25) is 0 Å². The van der Waals surface area contributed by atoms with Gasteiger partial charge in [-0.2, -0.15) is 4.98 Å². The summed E-state index contributed by atoms with van der Waals surface area (Å²) in [6, 6.07) is 2.25. The van der Waals surface area contributed by atoms with Crippen LogP contribution in [0.4, 0.5) is 5.95 Å². The molecule has 1 rings (SSSR count). The summed E-state index contributed by atoms with van der Waals surface area (Å²) in [4.78, 5) is 8.80. The van der Waals surface area contributed by atoms with Gasteiger partial charge in [0.15, 0.2) is 0 Å². The number of hydrogen-bond acceptors (Lipinski definition) is 4. The van der Waals surface area contributed by atoms with Crippen molar-refractivity contribution in [2.45, 2.75) is 59.9 Å². The summed E-state index contributed by atoms with van der Waals surface area (Å²) in [5.74, 6) is 2.06. The summed E-state index contributed by atoms with van der Waals surface area (Å²) >= 11 is 0. The first kappa shape index (κ1) is 15.7. The molecule has 1 aromatic heterocycles. The van der Waals surface area contributed by atoms with E-state index in [1.807, 2.05) is 13.0 Å². The van der Waals surface area contributed by atoms with Crippen molar-refractivity contribution in [1.29, 1.82) is 0 Å². The molecule has 4 heteroatoms. The van der Waals surface area contributed by atoms with Gasteiger partial charge in [0.1, 0.15) is 0 Å². The summed E-state index contributed by atoms with van der Waals surface area (Å²) in [5.41, 5.74) is 0.930. The fourth-order valence-electron chi connectivity index (χ4n) is 1.76. The summed E-state index contributed by atoms with van der Waals surface area (Å²) in [5, 5.41) is 3.35. The van der Waals surface area contributed by atoms with Gasteiger partial charge in [0.25, 0.3) is 0 Å². The molecule has 0 aromatic carbocycles. The Morgan fingerprint density at radius 2 is 1.95 bits per heavy atom. The molecule has 0 bridgehead atoms. The second-order valence-corrected chi connectivity index (χ2v) is 5.54. The molecule has 0 aliphatic heterocycles. The Labute approximate surface area is 117 Å². The lowest BCUT2D eigenvalue weighted by Crippen LogP contribution is -2.18. The number of hydrogen-bond donors (Lipinski definition) is 1. The van der Waals surface area contributed by atoms with E-state index in [1.54, 1.807) is 0 Å². The van der Waals surface area contributed by atoms with Gasteiger partial charge in [-0.15, -0.1) is 0 Å². The van der Waals surface area contributed by atoms with E-state index in [4.69, 9.17) is 4.74 Å². The molecule has 19 heavy (non-hydrogen) atoms. The number of aryl methyl sites for hydroxylation is 1. The molecule has 0 fully saturated rings. The fraction of sp³-hybridized carbons (Fsp3) is 0.733. The van der Waals surface area contributed by atoms with Crippen LogP contribution in [0.15, 0.2) is 6.07 Å². The maximum Gasteiger partial charge on any atom is 0.226 e. The van der Waals surface area contributed by atoms with Crippen LogP contribution >= 0.6 is 0 Å². The van der Waals surface area contributed by atoms with Crippen molar-refractivity contribution < 1.29 is 4.74 Å². The first-order chi connectivity index (χ1) is 9.01. The molecule has 0 spiro atoms. The van der Waals surface area contributed by atoms with E-state index in [0.717, 1.165) is 24.5 Å². The third-order valence-corrected chi connectivity index (χ3v) is 2.84. The van der Waals surface area contributed by atoms with E-state index in [1.165, 1.54) is 6.42 Å². The standard InChI is InChI=1S/C15H27N3O/c1-6-9-19-14-10-13(5)17-15(18-14)16-12(4)8-7-11(2)3/h10-12H,6-9H2,1-5H3,(H,16,17,18). The van der Waals surface area contributed by atoms with Gasteiger partial charge in [-0.3, -0.25) is 0 Å². The molecule has 4 nitrogen and oxygen atoms in total. The van der Waals surface area contributed by atoms with E-state index in [9.17, 15) is 0 Å². The largest absolute Gasteiger partial charge is 0.478 e. The second kappa shape index (κ2) is 7.97. The van der Waals surface area contributed by atoms with Crippen molar-refractivity contribution in [3.63, 3.8) is 0 Å². The Morgan fingerprint density at radius 1 is 1.21 bits per heavy atom. The van der Waals surface area contributed by atoms with Crippen molar-refractivity contribution in [2.24, 2.45) is 5.92 Å². The number of nitrogens with one attached hydrogen (secondary N) is 1. The van der Waals surface area contributed by atoms with E-state index in [2.05, 4.69) is 43.0 Å². The minimum absolute atomic E-state index is 0.378. The third-order valence-electron chi connectivity index (χ3n) is 2.84. The maximum absolute atomic E-state index is 5.57. The molecular formula is C15H27N3O. The molecule has 1 N–H and O–H groups in total. The highest BCUT2D eigenvalue weighted by Crippen LogP contribution is 2.15. The first-order valence-corrected chi connectivity index (χ1v) is 7.26. The van der Waals surface area contributed by atoms with E-state index < -0.39 is 0 Å². The zero-order valence-electron chi connectivity index (χ0n) is 12.9. The van der Waals surface area contributed by atoms with Crippen molar-refractivity contribution in [3.8, 4) is 5.88 Å². The van der Waals surface area contributed by atoms with Gasteiger partial charge >= 0.3 is 0 Å². The van der Waals surface area contributed by atoms with Crippen LogP contribution in [-0.4, -0.2) is 22.6 Å². The maximum atomic E-state index is 5.57. The van der Waals surface area contributed by atoms with Crippen LogP contribution < -0.4 is 10.1 Å². The van der Waals surface area contributed by atoms with Crippen LogP contribution in [0.3, 0.4) is 0 Å². The van der Waals surface area contributed by atoms with Crippen LogP contribution in [0.1, 0.15) is 52.7 Å². The Morgan fingerprint density at radius 3 is 2.58 bits per heavy atom. The zero-order valence-corrected chi connectivity index (χ0v) is 12.9. The third kappa shape index (κ3) is 6.41. The molecule has 108 valence electrons. The Kier molecular flexibility index (Phi) is 6.60. The molecule has 0 aliphatic carbocycles. The summed E-state index contributed by atoms with van der Waals surface area (Å²) in [7, 11) is 0. The molecule has 0 aliphatic rings. The topological polar surface area (TPSA) is 47.0 Å². The van der Waals surface area contributed by atoms with E-state index in [0.29, 0.717) is 24.5 Å². The SMILES string of the molecule is CCCOc1cc(C)nc(NC(C)CCC(C)C)n1. The second-order valence-electron chi connectivity index (χ2n) is 5.54. The molecule has 0 saturated carbocycles. The predicted octanol–water partition coefficient (Wildman–Crippen LogP) is 3.81. The van der Waals surface area contributed by atoms with Crippen LogP contribution in [0, 0.1) is 12.8 Å². The highest BCUT2D eigenvalue weighted by molar-refractivity contribution is 5.31. The Balaban J connectivity index is 2.59. The Bertz CT molecular complexity index is 380. The number of aromatic nitrogens is 2. The van der Waals surface area contributed by atoms with Gasteiger partial charge in [-0.05, 0) is 39.0 Å². The van der Waals surface area contributed by atoms with Gasteiger partial charge in [0.2, 0.25) is 11.8 Å². The van der Waals surface area contributed by atoms with Crippen molar-refractivity contribution in [2.75, 3.05) is 11.9 Å². The van der Waals surface area contributed by atoms with E-state index >= 15 is 0 Å². The fourth-order valence-corrected chi connectivity index (χ4v) is 1.76. The number of rotatable bonds is 8. The van der Waals surface area contributed by atoms with Crippen molar-refractivity contribution >= 4 is 5.95 Å². The predicted molar refractivity (Wildman–Crippen MR) is 79.7 cm³/mol. The lowest BCUT2D eigenvalue weighted by molar-refractivity contribution is 0.304. The van der Waals surface area contributed by atoms with Crippen molar-refractivity contribution in [1.82, 2.24) is 9.97 Å². The minimum atomic E-state index is 0.378.